The first kappa shape index (κ1) is 65.6. The minimum Gasteiger partial charge on any atom is -0.359 e. The van der Waals surface area contributed by atoms with Gasteiger partial charge in [0.1, 0.15) is 0 Å². The van der Waals surface area contributed by atoms with Crippen molar-refractivity contribution in [2.75, 3.05) is 0 Å². The van der Waals surface area contributed by atoms with E-state index in [1.54, 1.807) is 0 Å². The molecular formula is C83H96N12. The van der Waals surface area contributed by atoms with E-state index in [0.29, 0.717) is 12.8 Å². The summed E-state index contributed by atoms with van der Waals surface area (Å²) in [5.74, 6) is 0. The molecule has 12 rings (SSSR count). The van der Waals surface area contributed by atoms with Crippen LogP contribution >= 0.6 is 0 Å². The molecule has 6 N–H and O–H groups in total. The van der Waals surface area contributed by atoms with Gasteiger partial charge in [-0.25, -0.2) is 0 Å². The van der Waals surface area contributed by atoms with Gasteiger partial charge < -0.3 is 29.9 Å². The number of rotatable bonds is 20. The molecule has 0 fully saturated rings. The maximum absolute atomic E-state index is 5.38. The second-order valence-electron chi connectivity index (χ2n) is 27.2. The lowest BCUT2D eigenvalue weighted by atomic mass is 9.97. The number of nitrogens with zero attached hydrogens (tertiary/aromatic N) is 6. The fourth-order valence-electron chi connectivity index (χ4n) is 14.6. The highest BCUT2D eigenvalue weighted by molar-refractivity contribution is 6.22. The average molecular weight is 1260 g/mol. The van der Waals surface area contributed by atoms with E-state index in [2.05, 4.69) is 241 Å². The van der Waals surface area contributed by atoms with Crippen LogP contribution < -0.4 is 0 Å². The van der Waals surface area contributed by atoms with Crippen LogP contribution in [0.1, 0.15) is 238 Å². The van der Waals surface area contributed by atoms with Crippen molar-refractivity contribution in [2.24, 2.45) is 30.0 Å². The first-order valence-corrected chi connectivity index (χ1v) is 34.4. The molecule has 0 unspecified atom stereocenters. The smallest absolute Gasteiger partial charge is 0.0689 e. The lowest BCUT2D eigenvalue weighted by Crippen LogP contribution is -2.07. The molecule has 0 radical (unpaired) electrons. The normalized spacial score (nSPS) is 19.6. The molecule has 6 aromatic heterocycles. The molecule has 6 aliphatic heterocycles. The molecule has 12 heteroatoms. The van der Waals surface area contributed by atoms with Crippen molar-refractivity contribution >= 4 is 70.7 Å². The van der Waals surface area contributed by atoms with Gasteiger partial charge in [-0.05, 0) is 310 Å². The molecule has 0 amide bonds. The van der Waals surface area contributed by atoms with Crippen LogP contribution in [0.15, 0.2) is 167 Å². The highest BCUT2D eigenvalue weighted by Gasteiger charge is 2.29. The summed E-state index contributed by atoms with van der Waals surface area (Å²) in [7, 11) is 0. The van der Waals surface area contributed by atoms with Crippen LogP contribution in [0.25, 0.3) is 36.5 Å². The summed E-state index contributed by atoms with van der Waals surface area (Å²) in [5, 5.41) is 0. The first-order valence-electron chi connectivity index (χ1n) is 34.4. The van der Waals surface area contributed by atoms with E-state index in [1.165, 1.54) is 123 Å². The van der Waals surface area contributed by atoms with Gasteiger partial charge in [0.25, 0.3) is 0 Å². The van der Waals surface area contributed by atoms with E-state index in [-0.39, 0.29) is 0 Å². The summed E-state index contributed by atoms with van der Waals surface area (Å²) < 4.78 is 0. The van der Waals surface area contributed by atoms with E-state index in [9.17, 15) is 0 Å². The molecule has 95 heavy (non-hydrogen) atoms. The van der Waals surface area contributed by atoms with Crippen molar-refractivity contribution in [1.29, 1.82) is 0 Å². The lowest BCUT2D eigenvalue weighted by Gasteiger charge is -2.05. The van der Waals surface area contributed by atoms with Crippen LogP contribution in [-0.2, 0) is 32.1 Å². The molecule has 12 heterocycles. The van der Waals surface area contributed by atoms with Gasteiger partial charge in [-0.15, -0.1) is 0 Å². The Balaban J connectivity index is 0.708. The maximum atomic E-state index is 5.38. The van der Waals surface area contributed by atoms with Crippen molar-refractivity contribution in [3.63, 3.8) is 0 Å². The molecule has 6 aromatic rings. The summed E-state index contributed by atoms with van der Waals surface area (Å²) >= 11 is 0. The summed E-state index contributed by atoms with van der Waals surface area (Å²) in [6.45, 7) is 43.9. The first-order chi connectivity index (χ1) is 45.4. The molecule has 0 bridgehead atoms. The predicted octanol–water partition coefficient (Wildman–Crippen LogP) is 20.6. The van der Waals surface area contributed by atoms with E-state index in [4.69, 9.17) is 30.0 Å². The van der Waals surface area contributed by atoms with Gasteiger partial charge in [-0.3, -0.25) is 30.0 Å². The second kappa shape index (κ2) is 26.4. The van der Waals surface area contributed by atoms with E-state index < -0.39 is 0 Å². The molecule has 0 saturated heterocycles. The summed E-state index contributed by atoms with van der Waals surface area (Å²) in [5.41, 5.74) is 49.1. The van der Waals surface area contributed by atoms with E-state index >= 15 is 0 Å². The van der Waals surface area contributed by atoms with Gasteiger partial charge in [-0.1, -0.05) is 27.7 Å². The fourth-order valence-corrected chi connectivity index (χ4v) is 14.6. The molecule has 12 nitrogen and oxygen atoms in total. The molecule has 0 atom stereocenters. The second-order valence-corrected chi connectivity index (χ2v) is 27.2. The summed E-state index contributed by atoms with van der Waals surface area (Å²) in [6.07, 6.45) is 20.8. The quantitative estimate of drug-likeness (QED) is 0.0428. The SMILES string of the molecule is CCC1=C(C)C(CC2=N/C(=C/c3cc(Cc4cc(/C=C5\N=C(CC6=N/C(=C/c7[nH]c(Cc8ccc(/C=C9/N=C(C)C(C)=C9C)[nH]8)c(CC)c7C)C(CC)=C6C)C(C)=C5C)[nH]c4C)c(C)[nH]3)C(C)=C2C)=N/C1=C\c1[nH]c(Cc2ccc(/C=C3\N=C(C)C(C)=C3C)[nH]2)c(CC)c1C. The molecule has 0 spiro atoms. The Morgan fingerprint density at radius 2 is 0.653 bits per heavy atom. The van der Waals surface area contributed by atoms with Crippen LogP contribution in [0.3, 0.4) is 0 Å². The number of aliphatic imine (C=N–C) groups is 6. The summed E-state index contributed by atoms with van der Waals surface area (Å²) in [6, 6.07) is 13.3. The van der Waals surface area contributed by atoms with Crippen LogP contribution in [0.2, 0.25) is 0 Å². The van der Waals surface area contributed by atoms with Gasteiger partial charge >= 0.3 is 0 Å². The fraction of sp³-hybridized carbons (Fsp3) is 0.349. The molecule has 0 saturated carbocycles. The maximum Gasteiger partial charge on any atom is 0.0689 e. The minimum atomic E-state index is 0.682. The third kappa shape index (κ3) is 12.8. The molecule has 6 aliphatic rings. The molecular weight excluding hydrogens is 1160 g/mol. The van der Waals surface area contributed by atoms with Crippen LogP contribution in [0, 0.1) is 27.7 Å². The van der Waals surface area contributed by atoms with Gasteiger partial charge in [0.2, 0.25) is 0 Å². The third-order valence-electron chi connectivity index (χ3n) is 21.5. The van der Waals surface area contributed by atoms with Gasteiger partial charge in [0, 0.05) is 112 Å². The number of aromatic amines is 6. The zero-order valence-corrected chi connectivity index (χ0v) is 60.0. The zero-order valence-electron chi connectivity index (χ0n) is 60.0. The number of allylic oxidation sites excluding steroid dienone is 12. The summed E-state index contributed by atoms with van der Waals surface area (Å²) in [4.78, 5) is 53.4. The molecule has 0 aliphatic carbocycles. The van der Waals surface area contributed by atoms with Crippen molar-refractivity contribution in [1.82, 2.24) is 29.9 Å². The van der Waals surface area contributed by atoms with Crippen LogP contribution in [0.5, 0.6) is 0 Å². The number of hydrogen-bond donors (Lipinski definition) is 6. The Labute approximate surface area is 563 Å². The average Bonchev–Trinajstić information content (AvgIpc) is 1.66. The highest BCUT2D eigenvalue weighted by atomic mass is 14.9. The predicted molar refractivity (Wildman–Crippen MR) is 403 cm³/mol. The number of aryl methyl sites for hydroxylation is 2. The van der Waals surface area contributed by atoms with E-state index in [1.807, 2.05) is 0 Å². The van der Waals surface area contributed by atoms with Gasteiger partial charge in [0.05, 0.1) is 57.0 Å². The Hall–Kier alpha value is -9.42. The van der Waals surface area contributed by atoms with Crippen molar-refractivity contribution < 1.29 is 0 Å². The third-order valence-corrected chi connectivity index (χ3v) is 21.5. The standard InChI is InChI=1S/C83H96N12/c1-21-66-50(13)78(92-80(66)34-62-27-25-60(88-62)32-70-44(7)42(5)54(17)86-70)40-82-68(23-3)52(15)76(94-82)38-74-48(11)46(9)72(90-74)36-64-30-58(56(19)84-64)29-59-31-65(85-57(59)20)37-73-47(10)49(12)75(91-73)39-77-53(16)69(24-4)83(95-77)41-79-51(14)67(22-2)81(93-79)35-63-28-26-61(89-63)33-71-45(8)43(6)55(18)87-71/h25-28,30-33,36-37,40-41,84-85,88-89,92-93H,21-24,29,34-35,38-39H2,1-20H3/b70-32-,71-33+,72-36+,73-37-,82-40-,83-41+. The van der Waals surface area contributed by atoms with E-state index in [0.717, 1.165) is 159 Å². The molecule has 488 valence electrons. The van der Waals surface area contributed by atoms with Crippen LogP contribution in [0.4, 0.5) is 0 Å². The molecule has 0 aromatic carbocycles. The Morgan fingerprint density at radius 1 is 0.305 bits per heavy atom. The number of aromatic nitrogens is 6. The zero-order chi connectivity index (χ0) is 67.6. The van der Waals surface area contributed by atoms with Crippen molar-refractivity contribution in [2.45, 2.75) is 196 Å². The topological polar surface area (TPSA) is 169 Å². The number of nitrogens with one attached hydrogen (secondary N) is 6. The van der Waals surface area contributed by atoms with Crippen molar-refractivity contribution in [3.8, 4) is 0 Å². The minimum absolute atomic E-state index is 0.682. The number of H-pyrrole nitrogens is 6. The lowest BCUT2D eigenvalue weighted by molar-refractivity contribution is 0.994. The highest BCUT2D eigenvalue weighted by Crippen LogP contribution is 2.39. The Kier molecular flexibility index (Phi) is 18.2. The Bertz CT molecular complexity index is 4540. The van der Waals surface area contributed by atoms with Crippen molar-refractivity contribution in [3.05, 3.63) is 239 Å². The van der Waals surface area contributed by atoms with Gasteiger partial charge in [0.15, 0.2) is 0 Å². The largest absolute Gasteiger partial charge is 0.359 e. The Morgan fingerprint density at radius 3 is 1.01 bits per heavy atom. The number of hydrogen-bond acceptors (Lipinski definition) is 6. The van der Waals surface area contributed by atoms with Gasteiger partial charge in [-0.2, -0.15) is 0 Å². The van der Waals surface area contributed by atoms with Crippen LogP contribution in [-0.4, -0.2) is 64.2 Å². The monoisotopic (exact) mass is 1260 g/mol.